The first kappa shape index (κ1) is 19.1. The van der Waals surface area contributed by atoms with Gasteiger partial charge in [-0.25, -0.2) is 4.39 Å². The molecule has 5 rings (SSSR count). The zero-order chi connectivity index (χ0) is 21.4. The molecule has 1 aliphatic carbocycles. The number of halogens is 1. The highest BCUT2D eigenvalue weighted by Gasteiger charge is 2.45. The van der Waals surface area contributed by atoms with E-state index in [0.29, 0.717) is 23.1 Å². The predicted molar refractivity (Wildman–Crippen MR) is 111 cm³/mol. The molecule has 3 aromatic rings. The Balaban J connectivity index is 1.32. The molecule has 7 nitrogen and oxygen atoms in total. The first-order chi connectivity index (χ1) is 15.1. The lowest BCUT2D eigenvalue weighted by Gasteiger charge is -2.29. The minimum Gasteiger partial charge on any atom is -0.457 e. The van der Waals surface area contributed by atoms with Crippen molar-refractivity contribution < 1.29 is 13.9 Å². The fourth-order valence-corrected chi connectivity index (χ4v) is 4.52. The Morgan fingerprint density at radius 1 is 1.23 bits per heavy atom. The Morgan fingerprint density at radius 3 is 2.81 bits per heavy atom. The maximum Gasteiger partial charge on any atom is 0.272 e. The average Bonchev–Trinajstić information content (AvgIpc) is 3.51. The molecular formula is C23H20FN5O2. The second-order valence-corrected chi connectivity index (χ2v) is 7.96. The number of nitriles is 1. The number of nitrogens with zero attached hydrogens (tertiary/aromatic N) is 3. The lowest BCUT2D eigenvalue weighted by atomic mass is 10.1. The molecule has 156 valence electrons. The Morgan fingerprint density at radius 2 is 2.03 bits per heavy atom. The molecule has 2 aliphatic rings. The fraction of sp³-hybridized carbons (Fsp3) is 0.261. The van der Waals surface area contributed by atoms with E-state index >= 15 is 0 Å². The highest BCUT2D eigenvalue weighted by atomic mass is 19.1. The molecule has 2 aromatic carbocycles. The molecule has 0 spiro atoms. The summed E-state index contributed by atoms with van der Waals surface area (Å²) in [6.07, 6.45) is 4.05. The topological polar surface area (TPSA) is 94.0 Å². The van der Waals surface area contributed by atoms with Gasteiger partial charge in [0, 0.05) is 12.1 Å². The summed E-state index contributed by atoms with van der Waals surface area (Å²) >= 11 is 0. The van der Waals surface area contributed by atoms with Crippen LogP contribution >= 0.6 is 0 Å². The number of carbonyl (C=O) groups is 1. The number of fused-ring (bicyclic) bond motifs is 2. The van der Waals surface area contributed by atoms with Crippen molar-refractivity contribution in [2.45, 2.75) is 24.9 Å². The van der Waals surface area contributed by atoms with Gasteiger partial charge in [-0.15, -0.1) is 0 Å². The Bertz CT molecular complexity index is 1150. The Kier molecular flexibility index (Phi) is 4.79. The third kappa shape index (κ3) is 3.70. The molecule has 2 heterocycles. The van der Waals surface area contributed by atoms with Gasteiger partial charge in [0.05, 0.1) is 17.8 Å². The number of aromatic nitrogens is 2. The van der Waals surface area contributed by atoms with E-state index in [1.807, 2.05) is 18.2 Å². The van der Waals surface area contributed by atoms with E-state index in [-0.39, 0.29) is 29.5 Å². The van der Waals surface area contributed by atoms with Crippen LogP contribution < -0.4 is 10.1 Å². The van der Waals surface area contributed by atoms with E-state index in [0.717, 1.165) is 24.9 Å². The van der Waals surface area contributed by atoms with E-state index in [2.05, 4.69) is 21.7 Å². The minimum atomic E-state index is -0.335. The number of hydrogen-bond donors (Lipinski definition) is 2. The van der Waals surface area contributed by atoms with Crippen molar-refractivity contribution in [3.63, 3.8) is 0 Å². The zero-order valence-electron chi connectivity index (χ0n) is 16.6. The molecule has 2 bridgehead atoms. The van der Waals surface area contributed by atoms with Crippen molar-refractivity contribution in [1.82, 2.24) is 20.4 Å². The smallest absolute Gasteiger partial charge is 0.272 e. The van der Waals surface area contributed by atoms with Crippen molar-refractivity contribution in [3.8, 4) is 28.9 Å². The summed E-state index contributed by atoms with van der Waals surface area (Å²) in [6, 6.07) is 14.8. The molecule has 3 unspecified atom stereocenters. The number of aromatic amines is 1. The SMILES string of the molecule is N#CN1CC2CC(NC(=O)c3cc(-c4ccccc4Oc4ccc(F)cc4)[nH]n3)C1C2. The van der Waals surface area contributed by atoms with Crippen LogP contribution in [0.2, 0.25) is 0 Å². The maximum atomic E-state index is 13.2. The van der Waals surface area contributed by atoms with E-state index in [1.165, 1.54) is 12.1 Å². The van der Waals surface area contributed by atoms with Crippen molar-refractivity contribution in [2.24, 2.45) is 5.92 Å². The Labute approximate surface area is 178 Å². The summed E-state index contributed by atoms with van der Waals surface area (Å²) < 4.78 is 19.1. The largest absolute Gasteiger partial charge is 0.457 e. The quantitative estimate of drug-likeness (QED) is 0.618. The summed E-state index contributed by atoms with van der Waals surface area (Å²) in [5.41, 5.74) is 1.64. The molecule has 3 atom stereocenters. The van der Waals surface area contributed by atoms with Crippen LogP contribution in [0.25, 0.3) is 11.3 Å². The van der Waals surface area contributed by atoms with Crippen LogP contribution in [0.15, 0.2) is 54.6 Å². The third-order valence-corrected chi connectivity index (χ3v) is 5.96. The molecule has 1 aliphatic heterocycles. The highest BCUT2D eigenvalue weighted by Crippen LogP contribution is 2.37. The number of nitrogens with one attached hydrogen (secondary N) is 2. The van der Waals surface area contributed by atoms with Gasteiger partial charge < -0.3 is 15.0 Å². The number of piperidine rings is 1. The molecule has 0 radical (unpaired) electrons. The fourth-order valence-electron chi connectivity index (χ4n) is 4.52. The van der Waals surface area contributed by atoms with Crippen LogP contribution in [0.3, 0.4) is 0 Å². The van der Waals surface area contributed by atoms with Gasteiger partial charge in [0.1, 0.15) is 17.3 Å². The summed E-state index contributed by atoms with van der Waals surface area (Å²) in [5.74, 6) is 0.917. The molecule has 1 saturated carbocycles. The number of para-hydroxylation sites is 1. The monoisotopic (exact) mass is 417 g/mol. The van der Waals surface area contributed by atoms with Crippen LogP contribution in [0.4, 0.5) is 4.39 Å². The molecule has 1 amide bonds. The number of hydrogen-bond acceptors (Lipinski definition) is 5. The number of carbonyl (C=O) groups excluding carboxylic acids is 1. The highest BCUT2D eigenvalue weighted by molar-refractivity contribution is 5.93. The van der Waals surface area contributed by atoms with Gasteiger partial charge in [0.2, 0.25) is 0 Å². The van der Waals surface area contributed by atoms with E-state index < -0.39 is 0 Å². The summed E-state index contributed by atoms with van der Waals surface area (Å²) in [5, 5.41) is 19.4. The van der Waals surface area contributed by atoms with Gasteiger partial charge in [-0.1, -0.05) is 12.1 Å². The number of ether oxygens (including phenoxy) is 1. The molecule has 2 N–H and O–H groups in total. The van der Waals surface area contributed by atoms with Crippen LogP contribution in [0, 0.1) is 23.2 Å². The number of benzene rings is 2. The minimum absolute atomic E-state index is 0.0415. The maximum absolute atomic E-state index is 13.2. The second kappa shape index (κ2) is 7.76. The molecule has 2 fully saturated rings. The zero-order valence-corrected chi connectivity index (χ0v) is 16.6. The number of rotatable bonds is 5. The van der Waals surface area contributed by atoms with Gasteiger partial charge >= 0.3 is 0 Å². The van der Waals surface area contributed by atoms with Crippen molar-refractivity contribution in [3.05, 3.63) is 66.1 Å². The number of likely N-dealkylation sites (tertiary alicyclic amines) is 1. The third-order valence-electron chi connectivity index (χ3n) is 5.96. The second-order valence-electron chi connectivity index (χ2n) is 7.96. The van der Waals surface area contributed by atoms with E-state index in [4.69, 9.17) is 4.74 Å². The summed E-state index contributed by atoms with van der Waals surface area (Å²) in [6.45, 7) is 0.783. The normalized spacial score (nSPS) is 21.7. The molecule has 1 aromatic heterocycles. The van der Waals surface area contributed by atoms with Gasteiger partial charge in [-0.2, -0.15) is 10.4 Å². The van der Waals surface area contributed by atoms with E-state index in [9.17, 15) is 14.4 Å². The average molecular weight is 417 g/mol. The van der Waals surface area contributed by atoms with Crippen molar-refractivity contribution in [1.29, 1.82) is 5.26 Å². The van der Waals surface area contributed by atoms with Gasteiger partial charge in [-0.3, -0.25) is 9.89 Å². The van der Waals surface area contributed by atoms with Crippen LogP contribution in [-0.2, 0) is 0 Å². The first-order valence-corrected chi connectivity index (χ1v) is 10.2. The summed E-state index contributed by atoms with van der Waals surface area (Å²) in [7, 11) is 0. The molecule has 31 heavy (non-hydrogen) atoms. The van der Waals surface area contributed by atoms with E-state index in [1.54, 1.807) is 29.2 Å². The Hall–Kier alpha value is -3.86. The van der Waals surface area contributed by atoms with Gasteiger partial charge in [0.25, 0.3) is 5.91 Å². The van der Waals surface area contributed by atoms with Crippen LogP contribution in [-0.4, -0.2) is 39.6 Å². The lowest BCUT2D eigenvalue weighted by molar-refractivity contribution is 0.0907. The van der Waals surface area contributed by atoms with Gasteiger partial charge in [0.15, 0.2) is 11.9 Å². The van der Waals surface area contributed by atoms with Crippen molar-refractivity contribution in [2.75, 3.05) is 6.54 Å². The summed E-state index contributed by atoms with van der Waals surface area (Å²) in [4.78, 5) is 14.5. The van der Waals surface area contributed by atoms with Crippen LogP contribution in [0.5, 0.6) is 11.5 Å². The molecule has 1 saturated heterocycles. The predicted octanol–water partition coefficient (Wildman–Crippen LogP) is 3.68. The first-order valence-electron chi connectivity index (χ1n) is 10.2. The standard InChI is InChI=1S/C23H20FN5O2/c24-15-5-7-16(8-6-15)31-22-4-2-1-3-17(22)18-11-20(28-27-18)23(30)26-19-9-14-10-21(19)29(12-14)13-25/h1-8,11,14,19,21H,9-10,12H2,(H,26,30)(H,27,28). The number of H-pyrrole nitrogens is 1. The van der Waals surface area contributed by atoms with Crippen molar-refractivity contribution >= 4 is 5.91 Å². The van der Waals surface area contributed by atoms with Crippen LogP contribution in [0.1, 0.15) is 23.3 Å². The molecular weight excluding hydrogens is 397 g/mol. The van der Waals surface area contributed by atoms with Gasteiger partial charge in [-0.05, 0) is 61.2 Å². The number of amides is 1. The molecule has 8 heteroatoms. The lowest BCUT2D eigenvalue weighted by Crippen LogP contribution is -2.48.